The average Bonchev–Trinajstić information content (AvgIpc) is 3.60. The number of aromatic nitrogens is 4. The Balaban J connectivity index is 1.21. The van der Waals surface area contributed by atoms with Gasteiger partial charge in [-0.3, -0.25) is 28.5 Å². The van der Waals surface area contributed by atoms with Crippen LogP contribution < -0.4 is 10.6 Å². The number of likely N-dealkylation sites (N-methyl/N-ethyl adjacent to an activating group) is 1. The van der Waals surface area contributed by atoms with E-state index in [9.17, 15) is 19.2 Å². The summed E-state index contributed by atoms with van der Waals surface area (Å²) in [5.74, 6) is -3.20. The summed E-state index contributed by atoms with van der Waals surface area (Å²) < 4.78 is 19.3. The van der Waals surface area contributed by atoms with E-state index >= 15 is 4.39 Å². The van der Waals surface area contributed by atoms with Crippen molar-refractivity contribution in [3.8, 4) is 0 Å². The number of aliphatic imine (C=N–C) groups is 1. The molecule has 3 fully saturated rings. The molecule has 3 aromatic rings. The molecule has 1 aromatic carbocycles. The Kier molecular flexibility index (Phi) is 12.3. The first-order valence-corrected chi connectivity index (χ1v) is 19.7. The number of hydrogen-bond donors (Lipinski definition) is 2. The van der Waals surface area contributed by atoms with Crippen LogP contribution >= 0.6 is 0 Å². The molecular formula is C41H56FN9O4. The molecule has 3 heterocycles. The van der Waals surface area contributed by atoms with Gasteiger partial charge in [-0.05, 0) is 106 Å². The fourth-order valence-electron chi connectivity index (χ4n) is 7.67. The molecule has 0 bridgehead atoms. The Bertz CT molecular complexity index is 1880. The van der Waals surface area contributed by atoms with Gasteiger partial charge >= 0.3 is 0 Å². The second kappa shape index (κ2) is 17.0. The summed E-state index contributed by atoms with van der Waals surface area (Å²) >= 11 is 0. The monoisotopic (exact) mass is 757 g/mol. The van der Waals surface area contributed by atoms with E-state index < -0.39 is 41.4 Å². The maximum Gasteiger partial charge on any atom is 0.294 e. The zero-order valence-corrected chi connectivity index (χ0v) is 33.0. The number of piperazine rings is 1. The van der Waals surface area contributed by atoms with Crippen LogP contribution in [-0.2, 0) is 16.1 Å². The molecule has 55 heavy (non-hydrogen) atoms. The van der Waals surface area contributed by atoms with Crippen molar-refractivity contribution < 1.29 is 23.6 Å². The van der Waals surface area contributed by atoms with E-state index in [0.29, 0.717) is 55.6 Å². The number of hydrogen-bond acceptors (Lipinski definition) is 7. The lowest BCUT2D eigenvalue weighted by Crippen LogP contribution is -2.55. The standard InChI is InChI=1S/C41H56FN9O4/c1-26(2)51-35(14-18-45-51)38(53)43-24-31(29-11-15-41(4,5)16-12-29)37(52)46-33-10-9-30(23-32(33)42)27(3)36(40(55)49-21-19-48(6)20-22-49)47-39(54)34-13-17-44-50(34)25-28-7-8-28/h9-10,13-14,17-18,23-24,26-29,31,36H,7-8,11-12,15-16,19-22,25H2,1-6H3,(H,46,52)(H,47,54)/t27-,31?,36+/m0/s1. The number of halogens is 1. The van der Waals surface area contributed by atoms with E-state index in [1.807, 2.05) is 20.9 Å². The van der Waals surface area contributed by atoms with Gasteiger partial charge in [0, 0.05) is 63.3 Å². The highest BCUT2D eigenvalue weighted by Crippen LogP contribution is 2.41. The first-order chi connectivity index (χ1) is 26.2. The Morgan fingerprint density at radius 3 is 2.27 bits per heavy atom. The van der Waals surface area contributed by atoms with E-state index in [2.05, 4.69) is 44.6 Å². The van der Waals surface area contributed by atoms with Crippen molar-refractivity contribution in [2.45, 2.75) is 97.7 Å². The third-order valence-corrected chi connectivity index (χ3v) is 11.6. The molecule has 2 saturated carbocycles. The molecule has 6 rings (SSSR count). The van der Waals surface area contributed by atoms with E-state index in [0.717, 1.165) is 38.5 Å². The van der Waals surface area contributed by atoms with E-state index in [-0.39, 0.29) is 29.0 Å². The maximum atomic E-state index is 16.0. The van der Waals surface area contributed by atoms with Gasteiger partial charge in [-0.1, -0.05) is 26.8 Å². The lowest BCUT2D eigenvalue weighted by molar-refractivity contribution is -0.135. The van der Waals surface area contributed by atoms with Crippen molar-refractivity contribution in [3.05, 3.63) is 65.5 Å². The summed E-state index contributed by atoms with van der Waals surface area (Å²) in [5, 5.41) is 14.3. The van der Waals surface area contributed by atoms with Crippen LogP contribution in [0.1, 0.15) is 112 Å². The third-order valence-electron chi connectivity index (χ3n) is 11.6. The molecule has 1 aliphatic heterocycles. The first-order valence-electron chi connectivity index (χ1n) is 19.7. The van der Waals surface area contributed by atoms with Crippen molar-refractivity contribution in [3.63, 3.8) is 0 Å². The lowest BCUT2D eigenvalue weighted by Gasteiger charge is -2.36. The fourth-order valence-corrected chi connectivity index (χ4v) is 7.67. The largest absolute Gasteiger partial charge is 0.338 e. The number of rotatable bonds is 13. The molecule has 1 unspecified atom stereocenters. The van der Waals surface area contributed by atoms with Crippen LogP contribution in [0.3, 0.4) is 0 Å². The van der Waals surface area contributed by atoms with Crippen molar-refractivity contribution in [2.24, 2.45) is 28.2 Å². The number of carbonyl (C=O) groups is 4. The van der Waals surface area contributed by atoms with Crippen molar-refractivity contribution >= 4 is 35.5 Å². The molecule has 13 nitrogen and oxygen atoms in total. The smallest absolute Gasteiger partial charge is 0.294 e. The van der Waals surface area contributed by atoms with Crippen LogP contribution in [0.4, 0.5) is 10.1 Å². The molecule has 1 saturated heterocycles. The molecule has 2 aromatic heterocycles. The van der Waals surface area contributed by atoms with E-state index in [4.69, 9.17) is 0 Å². The minimum Gasteiger partial charge on any atom is -0.338 e. The van der Waals surface area contributed by atoms with E-state index in [1.165, 1.54) is 18.3 Å². The second-order valence-corrected chi connectivity index (χ2v) is 16.8. The van der Waals surface area contributed by atoms with Crippen LogP contribution in [0, 0.1) is 29.0 Å². The van der Waals surface area contributed by atoms with Crippen molar-refractivity contribution in [1.82, 2.24) is 34.7 Å². The van der Waals surface area contributed by atoms with Crippen molar-refractivity contribution in [2.75, 3.05) is 38.5 Å². The predicted molar refractivity (Wildman–Crippen MR) is 208 cm³/mol. The topological polar surface area (TPSA) is 147 Å². The Morgan fingerprint density at radius 1 is 0.945 bits per heavy atom. The van der Waals surface area contributed by atoms with Crippen LogP contribution in [0.5, 0.6) is 0 Å². The van der Waals surface area contributed by atoms with Gasteiger partial charge in [0.1, 0.15) is 23.2 Å². The summed E-state index contributed by atoms with van der Waals surface area (Å²) in [6.07, 6.45) is 10.1. The van der Waals surface area contributed by atoms with Crippen LogP contribution in [-0.4, -0.2) is 98.5 Å². The molecule has 0 spiro atoms. The molecule has 3 atom stereocenters. The second-order valence-electron chi connectivity index (χ2n) is 16.8. The molecule has 296 valence electrons. The highest BCUT2D eigenvalue weighted by molar-refractivity contribution is 6.06. The zero-order valence-electron chi connectivity index (χ0n) is 33.0. The maximum absolute atomic E-state index is 16.0. The number of nitrogens with zero attached hydrogens (tertiary/aromatic N) is 7. The first kappa shape index (κ1) is 40.0. The molecule has 2 aliphatic carbocycles. The third kappa shape index (κ3) is 9.75. The van der Waals surface area contributed by atoms with Gasteiger partial charge in [-0.25, -0.2) is 9.38 Å². The van der Waals surface area contributed by atoms with E-state index in [1.54, 1.807) is 51.8 Å². The van der Waals surface area contributed by atoms with Gasteiger partial charge < -0.3 is 20.4 Å². The highest BCUT2D eigenvalue weighted by atomic mass is 19.1. The molecule has 4 amide bonds. The number of amides is 4. The quantitative estimate of drug-likeness (QED) is 0.217. The molecule has 2 N–H and O–H groups in total. The van der Waals surface area contributed by atoms with Gasteiger partial charge in [0.2, 0.25) is 11.8 Å². The fraction of sp³-hybridized carbons (Fsp3) is 0.585. The number of nitrogens with one attached hydrogen (secondary N) is 2. The van der Waals surface area contributed by atoms with Gasteiger partial charge in [-0.2, -0.15) is 10.2 Å². The van der Waals surface area contributed by atoms with Crippen molar-refractivity contribution in [1.29, 1.82) is 0 Å². The van der Waals surface area contributed by atoms with Gasteiger partial charge in [0.05, 0.1) is 11.6 Å². The number of anilines is 1. The summed E-state index contributed by atoms with van der Waals surface area (Å²) in [6, 6.07) is 6.73. The van der Waals surface area contributed by atoms with Crippen LogP contribution in [0.2, 0.25) is 0 Å². The molecule has 3 aliphatic rings. The Labute approximate surface area is 323 Å². The molecular weight excluding hydrogens is 702 g/mol. The van der Waals surface area contributed by atoms with Gasteiger partial charge in [-0.15, -0.1) is 0 Å². The Morgan fingerprint density at radius 2 is 1.62 bits per heavy atom. The van der Waals surface area contributed by atoms with Gasteiger partial charge in [0.25, 0.3) is 11.8 Å². The Hall–Kier alpha value is -4.72. The number of carbonyl (C=O) groups excluding carboxylic acids is 4. The molecule has 0 radical (unpaired) electrons. The predicted octanol–water partition coefficient (Wildman–Crippen LogP) is 5.57. The summed E-state index contributed by atoms with van der Waals surface area (Å²) in [4.78, 5) is 63.0. The zero-order chi connectivity index (χ0) is 39.4. The molecule has 14 heteroatoms. The normalized spacial score (nSPS) is 19.7. The average molecular weight is 758 g/mol. The lowest BCUT2D eigenvalue weighted by atomic mass is 9.69. The summed E-state index contributed by atoms with van der Waals surface area (Å²) in [6.45, 7) is 13.1. The van der Waals surface area contributed by atoms with Crippen LogP contribution in [0.25, 0.3) is 0 Å². The summed E-state index contributed by atoms with van der Waals surface area (Å²) in [7, 11) is 2.00. The highest BCUT2D eigenvalue weighted by Gasteiger charge is 2.36. The minimum absolute atomic E-state index is 0.0188. The van der Waals surface area contributed by atoms with Crippen LogP contribution in [0.15, 0.2) is 47.7 Å². The van der Waals surface area contributed by atoms with Gasteiger partial charge in [0.15, 0.2) is 0 Å². The minimum atomic E-state index is -0.972. The number of benzene rings is 1. The SMILES string of the molecule is CC(C)n1nccc1C(=O)N=CC(C(=O)Nc1ccc([C@H](C)[C@@H](NC(=O)c2ccnn2CC2CC2)C(=O)N2CCN(C)CC2)cc1F)C1CCC(C)(C)CC1. The summed E-state index contributed by atoms with van der Waals surface area (Å²) in [5.41, 5.74) is 1.33.